The van der Waals surface area contributed by atoms with Gasteiger partial charge in [-0.1, -0.05) is 0 Å². The van der Waals surface area contributed by atoms with Crippen LogP contribution in [0.5, 0.6) is 0 Å². The molecule has 0 aromatic heterocycles. The fourth-order valence-electron chi connectivity index (χ4n) is 1.88. The van der Waals surface area contributed by atoms with Crippen LogP contribution in [0.15, 0.2) is 18.2 Å². The lowest BCUT2D eigenvalue weighted by molar-refractivity contribution is -0.139. The van der Waals surface area contributed by atoms with Gasteiger partial charge in [-0.15, -0.1) is 0 Å². The molecule has 0 bridgehead atoms. The molecule has 0 aliphatic rings. The molecule has 2 N–H and O–H groups in total. The van der Waals surface area contributed by atoms with Gasteiger partial charge in [0.2, 0.25) is 15.9 Å². The molecule has 0 heterocycles. The minimum absolute atomic E-state index is 0.0277. The van der Waals surface area contributed by atoms with Gasteiger partial charge < -0.3 is 5.32 Å². The smallest absolute Gasteiger partial charge is 0.326 e. The first kappa shape index (κ1) is 22.4. The summed E-state index contributed by atoms with van der Waals surface area (Å²) >= 11 is 0. The number of nitrogens with one attached hydrogen (secondary N) is 2. The second kappa shape index (κ2) is 8.34. The number of anilines is 1. The molecule has 0 fully saturated rings. The molecule has 0 unspecified atom stereocenters. The van der Waals surface area contributed by atoms with Crippen molar-refractivity contribution in [2.45, 2.75) is 51.0 Å². The van der Waals surface area contributed by atoms with Crippen molar-refractivity contribution < 1.29 is 30.8 Å². The Morgan fingerprint density at radius 1 is 1.12 bits per heavy atom. The zero-order valence-corrected chi connectivity index (χ0v) is 15.5. The maximum Gasteiger partial charge on any atom is 0.419 e. The van der Waals surface area contributed by atoms with Crippen LogP contribution >= 0.6 is 0 Å². The number of benzene rings is 1. The Morgan fingerprint density at radius 3 is 2.23 bits per heavy atom. The highest BCUT2D eigenvalue weighted by Crippen LogP contribution is 2.32. The number of hydrogen-bond donors (Lipinski definition) is 2. The van der Waals surface area contributed by atoms with E-state index in [1.54, 1.807) is 20.8 Å². The van der Waals surface area contributed by atoms with Gasteiger partial charge in [-0.05, 0) is 51.8 Å². The van der Waals surface area contributed by atoms with E-state index in [2.05, 4.69) is 10.0 Å². The molecule has 10 heteroatoms. The second-order valence-corrected chi connectivity index (χ2v) is 9.23. The van der Waals surface area contributed by atoms with E-state index < -0.39 is 38.2 Å². The molecule has 0 aliphatic heterocycles. The summed E-state index contributed by atoms with van der Waals surface area (Å²) < 4.78 is 75.9. The van der Waals surface area contributed by atoms with Gasteiger partial charge >= 0.3 is 6.18 Å². The Bertz CT molecular complexity index is 741. The van der Waals surface area contributed by atoms with E-state index in [-0.39, 0.29) is 18.7 Å². The van der Waals surface area contributed by atoms with Gasteiger partial charge in [0.25, 0.3) is 0 Å². The van der Waals surface area contributed by atoms with Crippen molar-refractivity contribution in [1.29, 1.82) is 0 Å². The van der Waals surface area contributed by atoms with Crippen LogP contribution in [-0.2, 0) is 21.0 Å². The van der Waals surface area contributed by atoms with E-state index in [0.29, 0.717) is 25.0 Å². The standard InChI is InChI=1S/C16H22F4N2O3S/c1-15(2,3)26(24,25)21-9-5-4-6-14(23)22-11-7-8-12(13(17)10-11)16(18,19)20/h7-8,10,21H,4-6,9H2,1-3H3,(H,22,23). The third-order valence-corrected chi connectivity index (χ3v) is 5.68. The maximum absolute atomic E-state index is 13.4. The highest BCUT2D eigenvalue weighted by atomic mass is 32.2. The molecule has 0 atom stereocenters. The monoisotopic (exact) mass is 398 g/mol. The Balaban J connectivity index is 2.43. The highest BCUT2D eigenvalue weighted by molar-refractivity contribution is 7.90. The first-order valence-corrected chi connectivity index (χ1v) is 9.38. The third kappa shape index (κ3) is 6.56. The molecule has 1 aromatic rings. The Hall–Kier alpha value is -1.68. The number of halogens is 4. The predicted octanol–water partition coefficient (Wildman–Crippen LogP) is 3.67. The molecule has 1 aromatic carbocycles. The van der Waals surface area contributed by atoms with Gasteiger partial charge in [-0.2, -0.15) is 13.2 Å². The Morgan fingerprint density at radius 2 is 1.73 bits per heavy atom. The van der Waals surface area contributed by atoms with Gasteiger partial charge in [-0.25, -0.2) is 17.5 Å². The quantitative estimate of drug-likeness (QED) is 0.544. The molecule has 26 heavy (non-hydrogen) atoms. The lowest BCUT2D eigenvalue weighted by atomic mass is 10.1. The molecular weight excluding hydrogens is 376 g/mol. The van der Waals surface area contributed by atoms with E-state index in [1.165, 1.54) is 0 Å². The van der Waals surface area contributed by atoms with Crippen LogP contribution in [0.25, 0.3) is 0 Å². The van der Waals surface area contributed by atoms with Crippen molar-refractivity contribution in [1.82, 2.24) is 4.72 Å². The zero-order valence-electron chi connectivity index (χ0n) is 14.7. The average molecular weight is 398 g/mol. The highest BCUT2D eigenvalue weighted by Gasteiger charge is 2.34. The number of unbranched alkanes of at least 4 members (excludes halogenated alkanes) is 1. The first-order valence-electron chi connectivity index (χ1n) is 7.90. The van der Waals surface area contributed by atoms with Crippen molar-refractivity contribution in [2.24, 2.45) is 0 Å². The summed E-state index contributed by atoms with van der Waals surface area (Å²) in [5.74, 6) is -1.96. The Labute approximate surface area is 150 Å². The molecule has 0 saturated carbocycles. The SMILES string of the molecule is CC(C)(C)S(=O)(=O)NCCCCC(=O)Nc1ccc(C(F)(F)F)c(F)c1. The van der Waals surface area contributed by atoms with Crippen LogP contribution in [0.2, 0.25) is 0 Å². The molecule has 1 amide bonds. The van der Waals surface area contributed by atoms with Gasteiger partial charge in [0.15, 0.2) is 0 Å². The molecule has 0 spiro atoms. The third-order valence-electron chi connectivity index (χ3n) is 3.49. The average Bonchev–Trinajstić information content (AvgIpc) is 2.44. The largest absolute Gasteiger partial charge is 0.419 e. The van der Waals surface area contributed by atoms with E-state index in [4.69, 9.17) is 0 Å². The van der Waals surface area contributed by atoms with Gasteiger partial charge in [0.05, 0.1) is 10.3 Å². The molecule has 5 nitrogen and oxygen atoms in total. The van der Waals surface area contributed by atoms with Crippen molar-refractivity contribution in [3.63, 3.8) is 0 Å². The minimum Gasteiger partial charge on any atom is -0.326 e. The maximum atomic E-state index is 13.4. The predicted molar refractivity (Wildman–Crippen MR) is 90.6 cm³/mol. The van der Waals surface area contributed by atoms with Crippen LogP contribution in [0.4, 0.5) is 23.2 Å². The number of carbonyl (C=O) groups excluding carboxylic acids is 1. The fraction of sp³-hybridized carbons (Fsp3) is 0.562. The van der Waals surface area contributed by atoms with E-state index >= 15 is 0 Å². The van der Waals surface area contributed by atoms with Crippen molar-refractivity contribution in [2.75, 3.05) is 11.9 Å². The number of sulfonamides is 1. The second-order valence-electron chi connectivity index (χ2n) is 6.71. The molecule has 148 valence electrons. The van der Waals surface area contributed by atoms with Crippen molar-refractivity contribution >= 4 is 21.6 Å². The van der Waals surface area contributed by atoms with E-state index in [9.17, 15) is 30.8 Å². The van der Waals surface area contributed by atoms with Crippen LogP contribution in [0.1, 0.15) is 45.6 Å². The molecule has 0 aliphatic carbocycles. The zero-order chi connectivity index (χ0) is 20.2. The summed E-state index contributed by atoms with van der Waals surface area (Å²) in [6.07, 6.45) is -4.00. The number of hydrogen-bond acceptors (Lipinski definition) is 3. The number of carbonyl (C=O) groups is 1. The van der Waals surface area contributed by atoms with Crippen LogP contribution < -0.4 is 10.0 Å². The lowest BCUT2D eigenvalue weighted by Gasteiger charge is -2.19. The summed E-state index contributed by atoms with van der Waals surface area (Å²) in [5.41, 5.74) is -1.48. The summed E-state index contributed by atoms with van der Waals surface area (Å²) in [7, 11) is -3.45. The van der Waals surface area contributed by atoms with Crippen LogP contribution in [-0.4, -0.2) is 25.6 Å². The van der Waals surface area contributed by atoms with Crippen molar-refractivity contribution in [3.05, 3.63) is 29.6 Å². The van der Waals surface area contributed by atoms with Gasteiger partial charge in [-0.3, -0.25) is 4.79 Å². The number of rotatable bonds is 7. The van der Waals surface area contributed by atoms with E-state index in [0.717, 1.165) is 6.07 Å². The fourth-order valence-corrected chi connectivity index (χ4v) is 2.73. The Kier molecular flexibility index (Phi) is 7.17. The number of alkyl halides is 3. The minimum atomic E-state index is -4.80. The summed E-state index contributed by atoms with van der Waals surface area (Å²) in [6.45, 7) is 4.85. The normalized spacial score (nSPS) is 12.9. The summed E-state index contributed by atoms with van der Waals surface area (Å²) in [5, 5.41) is 2.31. The molecule has 0 radical (unpaired) electrons. The van der Waals surface area contributed by atoms with Crippen LogP contribution in [0.3, 0.4) is 0 Å². The molecule has 0 saturated heterocycles. The summed E-state index contributed by atoms with van der Waals surface area (Å²) in [6, 6.07) is 2.14. The summed E-state index contributed by atoms with van der Waals surface area (Å²) in [4.78, 5) is 11.7. The lowest BCUT2D eigenvalue weighted by Crippen LogP contribution is -2.39. The topological polar surface area (TPSA) is 75.3 Å². The number of amides is 1. The van der Waals surface area contributed by atoms with Crippen LogP contribution in [0, 0.1) is 5.82 Å². The van der Waals surface area contributed by atoms with E-state index in [1.807, 2.05) is 0 Å². The molecular formula is C16H22F4N2O3S. The van der Waals surface area contributed by atoms with Crippen molar-refractivity contribution in [3.8, 4) is 0 Å². The molecule has 1 rings (SSSR count). The first-order chi connectivity index (χ1) is 11.7. The van der Waals surface area contributed by atoms with Gasteiger partial charge in [0, 0.05) is 18.7 Å². The van der Waals surface area contributed by atoms with Gasteiger partial charge in [0.1, 0.15) is 5.82 Å².